The molecule has 1 aromatic carbocycles. The van der Waals surface area contributed by atoms with Gasteiger partial charge in [-0.3, -0.25) is 0 Å². The minimum absolute atomic E-state index is 0.0382. The maximum Gasteiger partial charge on any atom is 0.238 e. The zero-order chi connectivity index (χ0) is 22.6. The van der Waals surface area contributed by atoms with Gasteiger partial charge in [0.2, 0.25) is 16.0 Å². The Labute approximate surface area is 178 Å². The summed E-state index contributed by atoms with van der Waals surface area (Å²) in [6.07, 6.45) is 7.40. The maximum absolute atomic E-state index is 14.3. The maximum atomic E-state index is 14.3. The van der Waals surface area contributed by atoms with Gasteiger partial charge in [-0.15, -0.1) is 0 Å². The number of benzene rings is 1. The number of halogens is 1. The number of rotatable bonds is 6. The molecule has 9 nitrogen and oxygen atoms in total. The van der Waals surface area contributed by atoms with Gasteiger partial charge in [0.25, 0.3) is 0 Å². The van der Waals surface area contributed by atoms with Crippen molar-refractivity contribution in [1.29, 1.82) is 5.26 Å². The lowest BCUT2D eigenvalue weighted by Gasteiger charge is -2.19. The smallest absolute Gasteiger partial charge is 0.238 e. The van der Waals surface area contributed by atoms with E-state index in [0.29, 0.717) is 22.6 Å². The number of hydrogen-bond acceptors (Lipinski definition) is 8. The van der Waals surface area contributed by atoms with E-state index >= 15 is 0 Å². The summed E-state index contributed by atoms with van der Waals surface area (Å²) in [6, 6.07) is 6.05. The third kappa shape index (κ3) is 5.25. The number of methoxy groups -OCH3 is 1. The molecule has 1 unspecified atom stereocenters. The Kier molecular flexibility index (Phi) is 6.33. The van der Waals surface area contributed by atoms with Crippen LogP contribution in [0.3, 0.4) is 0 Å². The molecule has 1 aliphatic rings. The normalized spacial score (nSPS) is 17.1. The third-order valence-corrected chi connectivity index (χ3v) is 5.39. The van der Waals surface area contributed by atoms with E-state index in [1.165, 1.54) is 19.3 Å². The van der Waals surface area contributed by atoms with Gasteiger partial charge >= 0.3 is 0 Å². The van der Waals surface area contributed by atoms with E-state index in [-0.39, 0.29) is 16.7 Å². The molecule has 4 N–H and O–H groups in total. The summed E-state index contributed by atoms with van der Waals surface area (Å²) in [5, 5.41) is 19.8. The van der Waals surface area contributed by atoms with Crippen molar-refractivity contribution in [3.05, 3.63) is 71.4 Å². The molecule has 0 saturated carbocycles. The van der Waals surface area contributed by atoms with Crippen LogP contribution in [-0.2, 0) is 14.8 Å². The fourth-order valence-electron chi connectivity index (χ4n) is 2.87. The summed E-state index contributed by atoms with van der Waals surface area (Å²) < 4.78 is 42.9. The van der Waals surface area contributed by atoms with Crippen LogP contribution in [0, 0.1) is 24.1 Å². The molecular formula is C20H19FN6O3S. The van der Waals surface area contributed by atoms with Crippen LogP contribution in [0.15, 0.2) is 64.9 Å². The van der Waals surface area contributed by atoms with E-state index in [0.717, 1.165) is 6.20 Å². The summed E-state index contributed by atoms with van der Waals surface area (Å²) in [5.41, 5.74) is 1.46. The second-order valence-corrected chi connectivity index (χ2v) is 8.06. The lowest BCUT2D eigenvalue weighted by molar-refractivity contribution is 0.300. The van der Waals surface area contributed by atoms with Crippen LogP contribution in [0.1, 0.15) is 5.56 Å². The molecule has 1 heterocycles. The van der Waals surface area contributed by atoms with Gasteiger partial charge in [0.15, 0.2) is 11.6 Å². The Hall–Kier alpha value is -3.75. The van der Waals surface area contributed by atoms with Crippen LogP contribution in [0.2, 0.25) is 0 Å². The molecule has 31 heavy (non-hydrogen) atoms. The zero-order valence-electron chi connectivity index (χ0n) is 16.6. The van der Waals surface area contributed by atoms with Crippen LogP contribution in [0.25, 0.3) is 0 Å². The number of sulfonamides is 1. The first-order chi connectivity index (χ1) is 14.7. The standard InChI is InChI=1S/C20H19FN6O3S/c1-12-3-5-15(10-18(12)31(23,28)29)26-20-24-11-16(21)19(27-20)25-14-6-4-13(7-8-22)17(9-14)30-2/h3-7,9-11,14H,1-2H3,(H2,23,28,29)(H2,24,25,26,27)/b13-7+. The molecule has 1 aromatic heterocycles. The Morgan fingerprint density at radius 1 is 1.39 bits per heavy atom. The average molecular weight is 442 g/mol. The highest BCUT2D eigenvalue weighted by Gasteiger charge is 2.17. The first-order valence-electron chi connectivity index (χ1n) is 8.95. The highest BCUT2D eigenvalue weighted by atomic mass is 32.2. The number of anilines is 3. The Morgan fingerprint density at radius 3 is 2.84 bits per heavy atom. The highest BCUT2D eigenvalue weighted by molar-refractivity contribution is 7.89. The molecule has 3 rings (SSSR count). The molecule has 1 aliphatic carbocycles. The predicted molar refractivity (Wildman–Crippen MR) is 113 cm³/mol. The molecule has 0 fully saturated rings. The van der Waals surface area contributed by atoms with Crippen LogP contribution < -0.4 is 15.8 Å². The Morgan fingerprint density at radius 2 is 2.16 bits per heavy atom. The van der Waals surface area contributed by atoms with Crippen LogP contribution in [-0.4, -0.2) is 31.5 Å². The number of hydrogen-bond donors (Lipinski definition) is 3. The number of nitrogens with zero attached hydrogens (tertiary/aromatic N) is 3. The lowest BCUT2D eigenvalue weighted by Crippen LogP contribution is -2.20. The van der Waals surface area contributed by atoms with Gasteiger partial charge in [0, 0.05) is 17.3 Å². The predicted octanol–water partition coefficient (Wildman–Crippen LogP) is 2.65. The summed E-state index contributed by atoms with van der Waals surface area (Å²) >= 11 is 0. The first-order valence-corrected chi connectivity index (χ1v) is 10.5. The van der Waals surface area contributed by atoms with Gasteiger partial charge in [-0.05, 0) is 30.7 Å². The minimum Gasteiger partial charge on any atom is -0.496 e. The number of ether oxygens (including phenoxy) is 1. The molecule has 160 valence electrons. The zero-order valence-corrected chi connectivity index (χ0v) is 17.4. The first kappa shape index (κ1) is 21.9. The van der Waals surface area contributed by atoms with E-state index in [1.807, 2.05) is 6.07 Å². The summed E-state index contributed by atoms with van der Waals surface area (Å²) in [6.45, 7) is 1.62. The van der Waals surface area contributed by atoms with Crippen molar-refractivity contribution in [1.82, 2.24) is 9.97 Å². The van der Waals surface area contributed by atoms with Gasteiger partial charge < -0.3 is 15.4 Å². The van der Waals surface area contributed by atoms with E-state index in [2.05, 4.69) is 20.6 Å². The molecule has 2 aromatic rings. The van der Waals surface area contributed by atoms with Gasteiger partial charge in [0.05, 0.1) is 30.3 Å². The van der Waals surface area contributed by atoms with Crippen molar-refractivity contribution in [3.8, 4) is 6.07 Å². The van der Waals surface area contributed by atoms with E-state index in [1.54, 1.807) is 37.3 Å². The topological polar surface area (TPSA) is 143 Å². The number of nitriles is 1. The summed E-state index contributed by atoms with van der Waals surface area (Å²) in [5.74, 6) is -0.248. The quantitative estimate of drug-likeness (QED) is 0.580. The number of aryl methyl sites for hydroxylation is 1. The molecule has 0 amide bonds. The molecule has 0 aliphatic heterocycles. The molecular weight excluding hydrogens is 423 g/mol. The number of nitrogens with two attached hydrogens (primary N) is 1. The lowest BCUT2D eigenvalue weighted by atomic mass is 10.0. The molecule has 0 spiro atoms. The molecule has 0 radical (unpaired) electrons. The highest BCUT2D eigenvalue weighted by Crippen LogP contribution is 2.24. The van der Waals surface area contributed by atoms with Gasteiger partial charge in [-0.1, -0.05) is 18.2 Å². The fourth-order valence-corrected chi connectivity index (χ4v) is 3.68. The van der Waals surface area contributed by atoms with Gasteiger partial charge in [-0.2, -0.15) is 10.2 Å². The van der Waals surface area contributed by atoms with Crippen LogP contribution in [0.5, 0.6) is 0 Å². The number of aromatic nitrogens is 2. The second-order valence-electron chi connectivity index (χ2n) is 6.53. The van der Waals surface area contributed by atoms with E-state index in [4.69, 9.17) is 15.1 Å². The van der Waals surface area contributed by atoms with Crippen molar-refractivity contribution in [3.63, 3.8) is 0 Å². The summed E-state index contributed by atoms with van der Waals surface area (Å²) in [4.78, 5) is 7.97. The minimum atomic E-state index is -3.90. The molecule has 11 heteroatoms. The van der Waals surface area contributed by atoms with Crippen molar-refractivity contribution < 1.29 is 17.5 Å². The molecule has 1 atom stereocenters. The van der Waals surface area contributed by atoms with E-state index < -0.39 is 21.9 Å². The van der Waals surface area contributed by atoms with Crippen molar-refractivity contribution >= 4 is 27.5 Å². The van der Waals surface area contributed by atoms with Crippen molar-refractivity contribution in [2.45, 2.75) is 17.9 Å². The SMILES string of the molecule is COC1=CC(Nc2nc(Nc3ccc(C)c(S(N)(=O)=O)c3)ncc2F)C=C/C1=C\C#N. The van der Waals surface area contributed by atoms with Gasteiger partial charge in [-0.25, -0.2) is 22.9 Å². The third-order valence-electron chi connectivity index (χ3n) is 4.34. The number of allylic oxidation sites excluding steroid dienone is 2. The Balaban J connectivity index is 1.84. The largest absolute Gasteiger partial charge is 0.496 e. The van der Waals surface area contributed by atoms with Crippen LogP contribution in [0.4, 0.5) is 21.8 Å². The molecule has 0 bridgehead atoms. The number of nitrogens with one attached hydrogen (secondary N) is 2. The van der Waals surface area contributed by atoms with E-state index in [9.17, 15) is 12.8 Å². The van der Waals surface area contributed by atoms with Crippen molar-refractivity contribution in [2.75, 3.05) is 17.7 Å². The molecule has 0 saturated heterocycles. The average Bonchev–Trinajstić information content (AvgIpc) is 2.72. The monoisotopic (exact) mass is 442 g/mol. The fraction of sp³-hybridized carbons (Fsp3) is 0.150. The number of primary sulfonamides is 1. The second kappa shape index (κ2) is 8.95. The van der Waals surface area contributed by atoms with Crippen molar-refractivity contribution in [2.24, 2.45) is 5.14 Å². The van der Waals surface area contributed by atoms with Gasteiger partial charge in [0.1, 0.15) is 5.76 Å². The summed E-state index contributed by atoms with van der Waals surface area (Å²) in [7, 11) is -2.43. The Bertz CT molecular complexity index is 1250. The van der Waals surface area contributed by atoms with Crippen LogP contribution >= 0.6 is 0 Å².